The summed E-state index contributed by atoms with van der Waals surface area (Å²) in [5.74, 6) is -1.34. The van der Waals surface area contributed by atoms with Crippen LogP contribution in [-0.4, -0.2) is 25.2 Å². The normalized spacial score (nSPS) is 12.7. The minimum Gasteiger partial charge on any atom is -0.493 e. The molecule has 0 aliphatic rings. The summed E-state index contributed by atoms with van der Waals surface area (Å²) in [6.07, 6.45) is 0. The van der Waals surface area contributed by atoms with Crippen LogP contribution in [-0.2, 0) is 14.3 Å². The molecule has 0 aliphatic carbocycles. The molecule has 0 bridgehead atoms. The summed E-state index contributed by atoms with van der Waals surface area (Å²) in [6.45, 7) is 3.42. The molecule has 2 rings (SSSR count). The third-order valence-electron chi connectivity index (χ3n) is 3.63. The maximum atomic E-state index is 12.0. The van der Waals surface area contributed by atoms with Crippen molar-refractivity contribution in [3.8, 4) is 11.5 Å². The molecule has 0 amide bonds. The Morgan fingerprint density at radius 1 is 0.741 bits per heavy atom. The van der Waals surface area contributed by atoms with E-state index in [-0.39, 0.29) is 13.2 Å². The molecule has 0 spiro atoms. The lowest BCUT2D eigenvalue weighted by Crippen LogP contribution is -2.29. The fourth-order valence-electron chi connectivity index (χ4n) is 1.94. The third-order valence-corrected chi connectivity index (χ3v) is 4.14. The van der Waals surface area contributed by atoms with Gasteiger partial charge in [0, 0.05) is 10.0 Å². The summed E-state index contributed by atoms with van der Waals surface area (Å²) in [5, 5.41) is 1.19. The molecular formula is C20H20Cl2O5. The van der Waals surface area contributed by atoms with Crippen LogP contribution < -0.4 is 9.47 Å². The van der Waals surface area contributed by atoms with Crippen LogP contribution in [0.1, 0.15) is 13.8 Å². The number of halogens is 2. The van der Waals surface area contributed by atoms with E-state index in [1.807, 2.05) is 0 Å². The first-order valence-electron chi connectivity index (χ1n) is 8.37. The van der Waals surface area contributed by atoms with Crippen molar-refractivity contribution >= 4 is 35.1 Å². The molecule has 0 heterocycles. The van der Waals surface area contributed by atoms with E-state index < -0.39 is 23.8 Å². The number of esters is 2. The second-order valence-corrected chi connectivity index (χ2v) is 6.94. The number of ether oxygens (including phenoxy) is 3. The highest BCUT2D eigenvalue weighted by molar-refractivity contribution is 6.30. The van der Waals surface area contributed by atoms with Gasteiger partial charge in [0.2, 0.25) is 0 Å². The van der Waals surface area contributed by atoms with Gasteiger partial charge in [-0.1, -0.05) is 23.2 Å². The molecule has 0 aromatic heterocycles. The second-order valence-electron chi connectivity index (χ2n) is 6.07. The van der Waals surface area contributed by atoms with Gasteiger partial charge in [-0.25, -0.2) is 0 Å². The summed E-state index contributed by atoms with van der Waals surface area (Å²) in [6, 6.07) is 13.5. The molecule has 0 fully saturated rings. The predicted molar refractivity (Wildman–Crippen MR) is 103 cm³/mol. The van der Waals surface area contributed by atoms with Crippen LogP contribution in [0.3, 0.4) is 0 Å². The Kier molecular flexibility index (Phi) is 7.95. The van der Waals surface area contributed by atoms with E-state index >= 15 is 0 Å². The maximum absolute atomic E-state index is 12.0. The number of hydrogen-bond acceptors (Lipinski definition) is 5. The van der Waals surface area contributed by atoms with Crippen LogP contribution in [0.25, 0.3) is 0 Å². The molecule has 2 atom stereocenters. The van der Waals surface area contributed by atoms with Gasteiger partial charge in [0.15, 0.2) is 0 Å². The first-order valence-corrected chi connectivity index (χ1v) is 9.13. The van der Waals surface area contributed by atoms with E-state index in [0.717, 1.165) is 0 Å². The van der Waals surface area contributed by atoms with Gasteiger partial charge in [0.05, 0.1) is 11.8 Å². The molecule has 0 radical (unpaired) electrons. The van der Waals surface area contributed by atoms with Gasteiger partial charge in [0.25, 0.3) is 0 Å². The molecule has 7 heteroatoms. The quantitative estimate of drug-likeness (QED) is 0.462. The van der Waals surface area contributed by atoms with E-state index in [1.54, 1.807) is 62.4 Å². The Hall–Kier alpha value is -2.24. The topological polar surface area (TPSA) is 61.8 Å². The Balaban J connectivity index is 1.74. The number of carbonyl (C=O) groups excluding carboxylic acids is 2. The lowest BCUT2D eigenvalue weighted by molar-refractivity contribution is -0.165. The van der Waals surface area contributed by atoms with Crippen LogP contribution in [0.2, 0.25) is 10.0 Å². The van der Waals surface area contributed by atoms with Gasteiger partial charge in [0.1, 0.15) is 24.7 Å². The molecule has 0 saturated carbocycles. The van der Waals surface area contributed by atoms with Crippen LogP contribution in [0, 0.1) is 11.8 Å². The summed E-state index contributed by atoms with van der Waals surface area (Å²) < 4.78 is 15.9. The van der Waals surface area contributed by atoms with Crippen molar-refractivity contribution in [1.82, 2.24) is 0 Å². The first kappa shape index (κ1) is 21.1. The smallest absolute Gasteiger partial charge is 0.319 e. The Morgan fingerprint density at radius 3 is 1.41 bits per heavy atom. The van der Waals surface area contributed by atoms with E-state index in [1.165, 1.54) is 0 Å². The average Bonchev–Trinajstić information content (AvgIpc) is 2.66. The summed E-state index contributed by atoms with van der Waals surface area (Å²) in [4.78, 5) is 24.1. The number of carbonyl (C=O) groups is 2. The zero-order valence-electron chi connectivity index (χ0n) is 15.0. The minimum atomic E-state index is -0.646. The van der Waals surface area contributed by atoms with E-state index in [2.05, 4.69) is 0 Å². The third kappa shape index (κ3) is 7.12. The molecule has 2 aromatic carbocycles. The second kappa shape index (κ2) is 10.2. The summed E-state index contributed by atoms with van der Waals surface area (Å²) in [7, 11) is 0. The summed E-state index contributed by atoms with van der Waals surface area (Å²) >= 11 is 11.6. The molecule has 2 aromatic rings. The molecule has 2 unspecified atom stereocenters. The fourth-order valence-corrected chi connectivity index (χ4v) is 2.19. The lowest BCUT2D eigenvalue weighted by Gasteiger charge is -2.15. The highest BCUT2D eigenvalue weighted by Gasteiger charge is 2.23. The van der Waals surface area contributed by atoms with Gasteiger partial charge in [-0.2, -0.15) is 0 Å². The van der Waals surface area contributed by atoms with Crippen molar-refractivity contribution < 1.29 is 23.8 Å². The number of benzene rings is 2. The monoisotopic (exact) mass is 410 g/mol. The van der Waals surface area contributed by atoms with Crippen LogP contribution in [0.5, 0.6) is 11.5 Å². The van der Waals surface area contributed by atoms with Gasteiger partial charge in [-0.15, -0.1) is 0 Å². The van der Waals surface area contributed by atoms with Gasteiger partial charge in [-0.3, -0.25) is 9.59 Å². The van der Waals surface area contributed by atoms with E-state index in [0.29, 0.717) is 21.5 Å². The minimum absolute atomic E-state index is 0.0867. The Labute approximate surface area is 168 Å². The van der Waals surface area contributed by atoms with Crippen molar-refractivity contribution in [1.29, 1.82) is 0 Å². The van der Waals surface area contributed by atoms with Gasteiger partial charge >= 0.3 is 11.9 Å². The summed E-state index contributed by atoms with van der Waals surface area (Å²) in [5.41, 5.74) is 0. The van der Waals surface area contributed by atoms with E-state index in [9.17, 15) is 9.59 Å². The molecular weight excluding hydrogens is 391 g/mol. The van der Waals surface area contributed by atoms with Crippen molar-refractivity contribution in [3.05, 3.63) is 58.6 Å². The number of rotatable bonds is 8. The molecule has 0 aliphatic heterocycles. The van der Waals surface area contributed by atoms with Gasteiger partial charge < -0.3 is 14.2 Å². The molecule has 5 nitrogen and oxygen atoms in total. The zero-order chi connectivity index (χ0) is 19.8. The van der Waals surface area contributed by atoms with Crippen molar-refractivity contribution in [2.45, 2.75) is 13.8 Å². The zero-order valence-corrected chi connectivity index (χ0v) is 16.5. The van der Waals surface area contributed by atoms with Gasteiger partial charge in [-0.05, 0) is 62.4 Å². The average molecular weight is 411 g/mol. The highest BCUT2D eigenvalue weighted by atomic mass is 35.5. The largest absolute Gasteiger partial charge is 0.493 e. The Bertz CT molecular complexity index is 693. The van der Waals surface area contributed by atoms with Crippen molar-refractivity contribution in [2.24, 2.45) is 11.8 Å². The van der Waals surface area contributed by atoms with Crippen molar-refractivity contribution in [2.75, 3.05) is 13.2 Å². The lowest BCUT2D eigenvalue weighted by atomic mass is 10.2. The molecule has 144 valence electrons. The van der Waals surface area contributed by atoms with E-state index in [4.69, 9.17) is 37.4 Å². The molecule has 0 saturated heterocycles. The standard InChI is InChI=1S/C20H20Cl2O5/c1-13(11-25-17-7-3-15(21)4-8-17)19(23)27-20(24)14(2)12-26-18-9-5-16(22)6-10-18/h3-10,13-14H,11-12H2,1-2H3. The predicted octanol–water partition coefficient (Wildman–Crippen LogP) is 4.79. The highest BCUT2D eigenvalue weighted by Crippen LogP contribution is 2.18. The SMILES string of the molecule is CC(COc1ccc(Cl)cc1)C(=O)OC(=O)C(C)COc1ccc(Cl)cc1. The van der Waals surface area contributed by atoms with Crippen molar-refractivity contribution in [3.63, 3.8) is 0 Å². The van der Waals surface area contributed by atoms with Crippen LogP contribution in [0.4, 0.5) is 0 Å². The fraction of sp³-hybridized carbons (Fsp3) is 0.300. The number of hydrogen-bond donors (Lipinski definition) is 0. The molecule has 27 heavy (non-hydrogen) atoms. The molecule has 0 N–H and O–H groups in total. The maximum Gasteiger partial charge on any atom is 0.319 e. The Morgan fingerprint density at radius 2 is 1.07 bits per heavy atom. The first-order chi connectivity index (χ1) is 12.8. The van der Waals surface area contributed by atoms with Crippen LogP contribution in [0.15, 0.2) is 48.5 Å². The van der Waals surface area contributed by atoms with Crippen LogP contribution >= 0.6 is 23.2 Å².